The smallest absolute Gasteiger partial charge is 0.227 e. The highest BCUT2D eigenvalue weighted by Crippen LogP contribution is 2.39. The Morgan fingerprint density at radius 1 is 1.47 bits per heavy atom. The Labute approximate surface area is 108 Å². The molecule has 0 saturated carbocycles. The molecular weight excluding hydrogens is 287 g/mol. The summed E-state index contributed by atoms with van der Waals surface area (Å²) in [6.45, 7) is 3.91. The number of nitrogen functional groups attached to an aromatic ring is 1. The number of carbonyl (C=O) groups excluding carboxylic acids is 1. The first-order valence-electron chi connectivity index (χ1n) is 5.40. The van der Waals surface area contributed by atoms with Crippen molar-refractivity contribution in [3.05, 3.63) is 22.4 Å². The van der Waals surface area contributed by atoms with Gasteiger partial charge in [0.15, 0.2) is 0 Å². The second kappa shape index (κ2) is 3.98. The largest absolute Gasteiger partial charge is 0.395 e. The van der Waals surface area contributed by atoms with Gasteiger partial charge in [-0.1, -0.05) is 15.9 Å². The highest BCUT2D eigenvalue weighted by atomic mass is 79.9. The second-order valence-electron chi connectivity index (χ2n) is 4.86. The molecule has 0 unspecified atom stereocenters. The fraction of sp³-hybridized carbons (Fsp3) is 0.417. The van der Waals surface area contributed by atoms with Gasteiger partial charge in [-0.2, -0.15) is 0 Å². The topological polar surface area (TPSA) is 46.3 Å². The maximum atomic E-state index is 13.6. The minimum Gasteiger partial charge on any atom is -0.395 e. The lowest BCUT2D eigenvalue weighted by Crippen LogP contribution is -2.41. The molecule has 1 heterocycles. The highest BCUT2D eigenvalue weighted by molar-refractivity contribution is 9.10. The van der Waals surface area contributed by atoms with Gasteiger partial charge in [-0.15, -0.1) is 0 Å². The molecule has 0 aliphatic carbocycles. The van der Waals surface area contributed by atoms with Gasteiger partial charge in [0.25, 0.3) is 0 Å². The van der Waals surface area contributed by atoms with Crippen LogP contribution in [0.1, 0.15) is 26.7 Å². The van der Waals surface area contributed by atoms with Gasteiger partial charge in [0.2, 0.25) is 5.91 Å². The van der Waals surface area contributed by atoms with E-state index in [4.69, 9.17) is 5.73 Å². The molecule has 1 aliphatic heterocycles. The van der Waals surface area contributed by atoms with Crippen LogP contribution in [0.15, 0.2) is 16.6 Å². The third-order valence-corrected chi connectivity index (χ3v) is 3.58. The molecule has 1 aromatic rings. The van der Waals surface area contributed by atoms with Gasteiger partial charge >= 0.3 is 0 Å². The first kappa shape index (κ1) is 12.4. The van der Waals surface area contributed by atoms with Crippen molar-refractivity contribution in [2.24, 2.45) is 0 Å². The Morgan fingerprint density at radius 2 is 2.12 bits per heavy atom. The summed E-state index contributed by atoms with van der Waals surface area (Å²) in [5, 5.41) is 0. The van der Waals surface area contributed by atoms with Crippen LogP contribution in [0.3, 0.4) is 0 Å². The van der Waals surface area contributed by atoms with Crippen LogP contribution < -0.4 is 10.6 Å². The summed E-state index contributed by atoms with van der Waals surface area (Å²) in [6.07, 6.45) is 1.22. The molecule has 0 spiro atoms. The normalized spacial score (nSPS) is 18.8. The molecule has 2 N–H and O–H groups in total. The van der Waals surface area contributed by atoms with Gasteiger partial charge in [0.1, 0.15) is 5.82 Å². The number of nitrogens with zero attached hydrogens (tertiary/aromatic N) is 1. The fourth-order valence-corrected chi connectivity index (χ4v) is 2.61. The third-order valence-electron chi connectivity index (χ3n) is 3.12. The molecular formula is C12H14BrFN2O. The first-order valence-corrected chi connectivity index (χ1v) is 6.20. The lowest BCUT2D eigenvalue weighted by Gasteiger charge is -2.32. The van der Waals surface area contributed by atoms with Crippen LogP contribution in [0.4, 0.5) is 15.8 Å². The van der Waals surface area contributed by atoms with Gasteiger partial charge < -0.3 is 10.6 Å². The minimum atomic E-state index is -0.509. The number of nitrogens with two attached hydrogens (primary N) is 1. The van der Waals surface area contributed by atoms with Crippen LogP contribution in [0.2, 0.25) is 0 Å². The zero-order chi connectivity index (χ0) is 12.8. The van der Waals surface area contributed by atoms with E-state index in [1.54, 1.807) is 11.0 Å². The summed E-state index contributed by atoms with van der Waals surface area (Å²) in [5.74, 6) is -0.524. The fourth-order valence-electron chi connectivity index (χ4n) is 2.19. The molecule has 0 bridgehead atoms. The van der Waals surface area contributed by atoms with Crippen molar-refractivity contribution in [1.29, 1.82) is 0 Å². The zero-order valence-corrected chi connectivity index (χ0v) is 11.3. The Morgan fingerprint density at radius 3 is 2.65 bits per heavy atom. The van der Waals surface area contributed by atoms with Crippen molar-refractivity contribution >= 4 is 33.2 Å². The Balaban J connectivity index is 2.57. The van der Waals surface area contributed by atoms with Crippen LogP contribution in [-0.4, -0.2) is 11.4 Å². The summed E-state index contributed by atoms with van der Waals surface area (Å²) >= 11 is 3.22. The number of benzene rings is 1. The molecule has 92 valence electrons. The number of rotatable bonds is 1. The minimum absolute atomic E-state index is 0.0146. The van der Waals surface area contributed by atoms with Crippen molar-refractivity contribution < 1.29 is 9.18 Å². The van der Waals surface area contributed by atoms with Gasteiger partial charge in [0, 0.05) is 16.4 Å². The average Bonchev–Trinajstić information content (AvgIpc) is 2.47. The number of hydrogen-bond donors (Lipinski definition) is 1. The number of carbonyl (C=O) groups is 1. The van der Waals surface area contributed by atoms with E-state index in [9.17, 15) is 9.18 Å². The summed E-state index contributed by atoms with van der Waals surface area (Å²) in [7, 11) is 0. The van der Waals surface area contributed by atoms with E-state index in [1.807, 2.05) is 13.8 Å². The van der Waals surface area contributed by atoms with Crippen LogP contribution in [-0.2, 0) is 4.79 Å². The molecule has 1 saturated heterocycles. The second-order valence-corrected chi connectivity index (χ2v) is 5.78. The van der Waals surface area contributed by atoms with Gasteiger partial charge in [-0.25, -0.2) is 4.39 Å². The Bertz CT molecular complexity index is 488. The van der Waals surface area contributed by atoms with E-state index in [-0.39, 0.29) is 17.1 Å². The Kier molecular flexibility index (Phi) is 2.89. The number of amides is 1. The SMILES string of the molecule is CC1(C)CCC(=O)N1c1cc(Br)cc(F)c1N. The van der Waals surface area contributed by atoms with Crippen molar-refractivity contribution in [3.63, 3.8) is 0 Å². The van der Waals surface area contributed by atoms with Crippen molar-refractivity contribution in [3.8, 4) is 0 Å². The monoisotopic (exact) mass is 300 g/mol. The van der Waals surface area contributed by atoms with E-state index >= 15 is 0 Å². The molecule has 2 rings (SSSR count). The molecule has 1 aromatic carbocycles. The molecule has 1 amide bonds. The highest BCUT2D eigenvalue weighted by Gasteiger charge is 2.39. The van der Waals surface area contributed by atoms with Gasteiger partial charge in [0.05, 0.1) is 11.4 Å². The summed E-state index contributed by atoms with van der Waals surface area (Å²) in [5.41, 5.74) is 5.88. The van der Waals surface area contributed by atoms with E-state index in [0.29, 0.717) is 16.6 Å². The van der Waals surface area contributed by atoms with E-state index in [1.165, 1.54) is 6.07 Å². The molecule has 0 radical (unpaired) electrons. The van der Waals surface area contributed by atoms with Crippen LogP contribution in [0.25, 0.3) is 0 Å². The lowest BCUT2D eigenvalue weighted by atomic mass is 10.0. The van der Waals surface area contributed by atoms with Crippen LogP contribution in [0, 0.1) is 5.82 Å². The standard InChI is InChI=1S/C12H14BrFN2O/c1-12(2)4-3-10(17)16(12)9-6-7(13)5-8(14)11(9)15/h5-6H,3-4,15H2,1-2H3. The molecule has 1 aliphatic rings. The van der Waals surface area contributed by atoms with E-state index in [2.05, 4.69) is 15.9 Å². The van der Waals surface area contributed by atoms with Crippen molar-refractivity contribution in [1.82, 2.24) is 0 Å². The van der Waals surface area contributed by atoms with Crippen molar-refractivity contribution in [2.75, 3.05) is 10.6 Å². The van der Waals surface area contributed by atoms with E-state index < -0.39 is 5.82 Å². The molecule has 0 aromatic heterocycles. The number of hydrogen-bond acceptors (Lipinski definition) is 2. The molecule has 3 nitrogen and oxygen atoms in total. The summed E-state index contributed by atoms with van der Waals surface area (Å²) in [6, 6.07) is 2.98. The molecule has 0 atom stereocenters. The molecule has 5 heteroatoms. The maximum absolute atomic E-state index is 13.6. The lowest BCUT2D eigenvalue weighted by molar-refractivity contribution is -0.117. The van der Waals surface area contributed by atoms with Gasteiger partial charge in [-0.3, -0.25) is 4.79 Å². The first-order chi connectivity index (χ1) is 7.83. The predicted octanol–water partition coefficient (Wildman–Crippen LogP) is 3.08. The average molecular weight is 301 g/mol. The number of halogens is 2. The van der Waals surface area contributed by atoms with Crippen LogP contribution >= 0.6 is 15.9 Å². The predicted molar refractivity (Wildman–Crippen MR) is 69.3 cm³/mol. The summed E-state index contributed by atoms with van der Waals surface area (Å²) in [4.78, 5) is 13.5. The molecule has 17 heavy (non-hydrogen) atoms. The Hall–Kier alpha value is -1.10. The molecule has 1 fully saturated rings. The van der Waals surface area contributed by atoms with E-state index in [0.717, 1.165) is 6.42 Å². The third kappa shape index (κ3) is 2.04. The van der Waals surface area contributed by atoms with Crippen LogP contribution in [0.5, 0.6) is 0 Å². The van der Waals surface area contributed by atoms with Crippen molar-refractivity contribution in [2.45, 2.75) is 32.2 Å². The van der Waals surface area contributed by atoms with Gasteiger partial charge in [-0.05, 0) is 32.4 Å². The zero-order valence-electron chi connectivity index (χ0n) is 9.76. The quantitative estimate of drug-likeness (QED) is 0.810. The summed E-state index contributed by atoms with van der Waals surface area (Å²) < 4.78 is 14.2. The number of anilines is 2. The maximum Gasteiger partial charge on any atom is 0.227 e.